The van der Waals surface area contributed by atoms with Crippen LogP contribution in [0.15, 0.2) is 58.4 Å². The van der Waals surface area contributed by atoms with Gasteiger partial charge in [0.1, 0.15) is 17.4 Å². The van der Waals surface area contributed by atoms with Crippen LogP contribution in [0.1, 0.15) is 34.1 Å². The first kappa shape index (κ1) is 21.7. The second-order valence-corrected chi connectivity index (χ2v) is 6.79. The normalized spacial score (nSPS) is 10.6. The molecule has 31 heavy (non-hydrogen) atoms. The molecule has 0 saturated carbocycles. The average Bonchev–Trinajstić information content (AvgIpc) is 2.76. The molecule has 0 radical (unpaired) electrons. The monoisotopic (exact) mass is 435 g/mol. The van der Waals surface area contributed by atoms with Crippen molar-refractivity contribution in [2.45, 2.75) is 13.8 Å². The van der Waals surface area contributed by atoms with Crippen LogP contribution >= 0.6 is 11.6 Å². The molecule has 1 heterocycles. The molecule has 0 fully saturated rings. The van der Waals surface area contributed by atoms with E-state index >= 15 is 0 Å². The van der Waals surface area contributed by atoms with Crippen LogP contribution in [0.5, 0.6) is 5.75 Å². The van der Waals surface area contributed by atoms with Crippen LogP contribution in [0.3, 0.4) is 0 Å². The smallest absolute Gasteiger partial charge is 0.292 e. The maximum absolute atomic E-state index is 12.7. The van der Waals surface area contributed by atoms with Gasteiger partial charge in [-0.1, -0.05) is 23.7 Å². The van der Waals surface area contributed by atoms with Crippen molar-refractivity contribution >= 4 is 23.7 Å². The summed E-state index contributed by atoms with van der Waals surface area (Å²) in [6, 6.07) is 15.3. The van der Waals surface area contributed by atoms with Gasteiger partial charge in [-0.25, -0.2) is 5.43 Å². The molecule has 0 aliphatic heterocycles. The molecule has 8 nitrogen and oxygen atoms in total. The standard InChI is InChI=1S/C22H18ClN5O3/c1-3-31-18-10-8-17(9-11-18)28-22(30)19(12-24)14(2)20(27-28)21(29)26-25-13-15-4-6-16(23)7-5-15/h4-11,13H,3H2,1-2H3,(H,26,29)/b25-13+. The number of hydrogen-bond donors (Lipinski definition) is 1. The van der Waals surface area contributed by atoms with Crippen molar-refractivity contribution in [3.05, 3.63) is 86.3 Å². The first-order valence-corrected chi connectivity index (χ1v) is 9.68. The van der Waals surface area contributed by atoms with Gasteiger partial charge in [-0.15, -0.1) is 0 Å². The van der Waals surface area contributed by atoms with E-state index in [2.05, 4.69) is 15.6 Å². The molecule has 0 bridgehead atoms. The maximum Gasteiger partial charge on any atom is 0.292 e. The van der Waals surface area contributed by atoms with E-state index in [-0.39, 0.29) is 16.8 Å². The Morgan fingerprint density at radius 1 is 1.26 bits per heavy atom. The van der Waals surface area contributed by atoms with Crippen molar-refractivity contribution in [1.82, 2.24) is 15.2 Å². The lowest BCUT2D eigenvalue weighted by molar-refractivity contribution is 0.0947. The summed E-state index contributed by atoms with van der Waals surface area (Å²) in [4.78, 5) is 25.4. The third-order valence-corrected chi connectivity index (χ3v) is 4.56. The number of amides is 1. The Labute approximate surface area is 183 Å². The summed E-state index contributed by atoms with van der Waals surface area (Å²) in [6.07, 6.45) is 1.44. The number of carbonyl (C=O) groups is 1. The number of aromatic nitrogens is 2. The molecular weight excluding hydrogens is 418 g/mol. The molecule has 0 atom stereocenters. The predicted molar refractivity (Wildman–Crippen MR) is 117 cm³/mol. The Bertz CT molecular complexity index is 1230. The lowest BCUT2D eigenvalue weighted by Crippen LogP contribution is -2.31. The summed E-state index contributed by atoms with van der Waals surface area (Å²) in [6.45, 7) is 3.86. The first-order valence-electron chi connectivity index (χ1n) is 9.30. The van der Waals surface area contributed by atoms with Gasteiger partial charge in [0, 0.05) is 10.6 Å². The molecule has 0 spiro atoms. The van der Waals surface area contributed by atoms with E-state index in [9.17, 15) is 14.9 Å². The zero-order valence-corrected chi connectivity index (χ0v) is 17.6. The molecule has 2 aromatic carbocycles. The number of halogens is 1. The second kappa shape index (κ2) is 9.69. The molecule has 0 aliphatic carbocycles. The van der Waals surface area contributed by atoms with Gasteiger partial charge in [0.2, 0.25) is 0 Å². The van der Waals surface area contributed by atoms with Crippen LogP contribution in [-0.2, 0) is 0 Å². The van der Waals surface area contributed by atoms with Gasteiger partial charge < -0.3 is 4.74 Å². The molecule has 0 saturated heterocycles. The number of ether oxygens (including phenoxy) is 1. The highest BCUT2D eigenvalue weighted by atomic mass is 35.5. The Hall–Kier alpha value is -3.96. The highest BCUT2D eigenvalue weighted by molar-refractivity contribution is 6.30. The zero-order valence-electron chi connectivity index (χ0n) is 16.8. The lowest BCUT2D eigenvalue weighted by Gasteiger charge is -2.11. The molecule has 0 unspecified atom stereocenters. The average molecular weight is 436 g/mol. The molecular formula is C22H18ClN5O3. The third kappa shape index (κ3) is 4.97. The third-order valence-electron chi connectivity index (χ3n) is 4.31. The SMILES string of the molecule is CCOc1ccc(-n2nc(C(=O)N/N=C/c3ccc(Cl)cc3)c(C)c(C#N)c2=O)cc1. The Morgan fingerprint density at radius 2 is 1.94 bits per heavy atom. The highest BCUT2D eigenvalue weighted by Crippen LogP contribution is 2.15. The molecule has 9 heteroatoms. The predicted octanol–water partition coefficient (Wildman–Crippen LogP) is 3.23. The van der Waals surface area contributed by atoms with E-state index in [1.807, 2.05) is 13.0 Å². The fourth-order valence-electron chi connectivity index (χ4n) is 2.74. The minimum Gasteiger partial charge on any atom is -0.494 e. The van der Waals surface area contributed by atoms with Crippen LogP contribution in [0.25, 0.3) is 5.69 Å². The summed E-state index contributed by atoms with van der Waals surface area (Å²) in [5, 5.41) is 18.1. The van der Waals surface area contributed by atoms with Gasteiger partial charge in [-0.2, -0.15) is 20.1 Å². The summed E-state index contributed by atoms with van der Waals surface area (Å²) in [7, 11) is 0. The minimum absolute atomic E-state index is 0.0849. The number of benzene rings is 2. The van der Waals surface area contributed by atoms with Gasteiger partial charge in [0.15, 0.2) is 5.69 Å². The number of nitrogens with zero attached hydrogens (tertiary/aromatic N) is 4. The minimum atomic E-state index is -0.654. The number of nitriles is 1. The molecule has 1 N–H and O–H groups in total. The van der Waals surface area contributed by atoms with E-state index in [1.54, 1.807) is 48.5 Å². The summed E-state index contributed by atoms with van der Waals surface area (Å²) >= 11 is 5.84. The Balaban J connectivity index is 1.93. The Kier molecular flexibility index (Phi) is 6.80. The molecule has 0 aliphatic rings. The molecule has 3 rings (SSSR count). The molecule has 156 valence electrons. The van der Waals surface area contributed by atoms with Crippen LogP contribution < -0.4 is 15.7 Å². The van der Waals surface area contributed by atoms with Crippen molar-refractivity contribution in [3.8, 4) is 17.5 Å². The Morgan fingerprint density at radius 3 is 2.55 bits per heavy atom. The van der Waals surface area contributed by atoms with Crippen LogP contribution in [0, 0.1) is 18.3 Å². The topological polar surface area (TPSA) is 109 Å². The van der Waals surface area contributed by atoms with Gasteiger partial charge in [0.05, 0.1) is 18.5 Å². The number of hydrazone groups is 1. The fourth-order valence-corrected chi connectivity index (χ4v) is 2.87. The number of carbonyl (C=O) groups excluding carboxylic acids is 1. The fraction of sp³-hybridized carbons (Fsp3) is 0.136. The summed E-state index contributed by atoms with van der Waals surface area (Å²) in [5.74, 6) is -0.0275. The van der Waals surface area contributed by atoms with Gasteiger partial charge in [0.25, 0.3) is 11.5 Å². The van der Waals surface area contributed by atoms with Crippen molar-refractivity contribution in [2.24, 2.45) is 5.10 Å². The molecule has 1 aromatic heterocycles. The van der Waals surface area contributed by atoms with E-state index in [4.69, 9.17) is 16.3 Å². The van der Waals surface area contributed by atoms with Gasteiger partial charge in [-0.3, -0.25) is 9.59 Å². The molecule has 1 amide bonds. The molecule has 3 aromatic rings. The highest BCUT2D eigenvalue weighted by Gasteiger charge is 2.20. The number of nitrogens with one attached hydrogen (secondary N) is 1. The number of rotatable bonds is 6. The van der Waals surface area contributed by atoms with E-state index in [0.29, 0.717) is 23.1 Å². The van der Waals surface area contributed by atoms with Crippen LogP contribution in [-0.4, -0.2) is 28.5 Å². The van der Waals surface area contributed by atoms with Crippen molar-refractivity contribution in [3.63, 3.8) is 0 Å². The van der Waals surface area contributed by atoms with Crippen LogP contribution in [0.4, 0.5) is 0 Å². The van der Waals surface area contributed by atoms with Crippen molar-refractivity contribution in [1.29, 1.82) is 5.26 Å². The zero-order chi connectivity index (χ0) is 22.4. The summed E-state index contributed by atoms with van der Waals surface area (Å²) in [5.41, 5.74) is 2.79. The van der Waals surface area contributed by atoms with Gasteiger partial charge >= 0.3 is 0 Å². The van der Waals surface area contributed by atoms with E-state index < -0.39 is 11.5 Å². The largest absolute Gasteiger partial charge is 0.494 e. The number of hydrogen-bond acceptors (Lipinski definition) is 6. The van der Waals surface area contributed by atoms with Crippen LogP contribution in [0.2, 0.25) is 5.02 Å². The lowest BCUT2D eigenvalue weighted by atomic mass is 10.1. The van der Waals surface area contributed by atoms with E-state index in [0.717, 1.165) is 10.2 Å². The second-order valence-electron chi connectivity index (χ2n) is 6.35. The maximum atomic E-state index is 12.7. The van der Waals surface area contributed by atoms with Crippen molar-refractivity contribution < 1.29 is 9.53 Å². The quantitative estimate of drug-likeness (QED) is 0.472. The van der Waals surface area contributed by atoms with Gasteiger partial charge in [-0.05, 0) is 55.8 Å². The first-order chi connectivity index (χ1) is 14.9. The summed E-state index contributed by atoms with van der Waals surface area (Å²) < 4.78 is 6.41. The van der Waals surface area contributed by atoms with E-state index in [1.165, 1.54) is 13.1 Å². The van der Waals surface area contributed by atoms with Crippen molar-refractivity contribution in [2.75, 3.05) is 6.61 Å².